The number of oxazole rings is 1. The summed E-state index contributed by atoms with van der Waals surface area (Å²) < 4.78 is 20.6. The predicted octanol–water partition coefficient (Wildman–Crippen LogP) is 2.37. The van der Waals surface area contributed by atoms with Crippen LogP contribution in [0.25, 0.3) is 0 Å². The molecule has 150 valence electrons. The van der Waals surface area contributed by atoms with Gasteiger partial charge in [0.25, 0.3) is 0 Å². The Balaban J connectivity index is 1.41. The zero-order chi connectivity index (χ0) is 20.2. The number of rotatable bonds is 5. The van der Waals surface area contributed by atoms with Crippen LogP contribution in [0.5, 0.6) is 0 Å². The van der Waals surface area contributed by atoms with Gasteiger partial charge in [0.05, 0.1) is 12.1 Å². The second-order valence-corrected chi connectivity index (χ2v) is 7.18. The molecular formula is C21H21FN4O3. The molecule has 0 aliphatic carbocycles. The van der Waals surface area contributed by atoms with E-state index in [-0.39, 0.29) is 24.2 Å². The summed E-state index contributed by atoms with van der Waals surface area (Å²) in [6.45, 7) is 1.10. The van der Waals surface area contributed by atoms with E-state index in [1.807, 2.05) is 6.07 Å². The number of hydrogen-bond donors (Lipinski definition) is 0. The maximum atomic E-state index is 13.4. The Bertz CT molecular complexity index is 1060. The van der Waals surface area contributed by atoms with Gasteiger partial charge in [-0.15, -0.1) is 0 Å². The molecule has 3 aromatic rings. The highest BCUT2D eigenvalue weighted by Gasteiger charge is 2.28. The predicted molar refractivity (Wildman–Crippen MR) is 103 cm³/mol. The monoisotopic (exact) mass is 396 g/mol. The topological polar surface area (TPSA) is 81.2 Å². The summed E-state index contributed by atoms with van der Waals surface area (Å²) in [6.07, 6.45) is 6.79. The second-order valence-electron chi connectivity index (χ2n) is 7.18. The Kier molecular flexibility index (Phi) is 5.50. The Morgan fingerprint density at radius 2 is 2.17 bits per heavy atom. The smallest absolute Gasteiger partial charge is 0.347 e. The first-order valence-electron chi connectivity index (χ1n) is 9.57. The highest BCUT2D eigenvalue weighted by molar-refractivity contribution is 5.76. The molecule has 1 unspecified atom stereocenters. The van der Waals surface area contributed by atoms with Gasteiger partial charge in [-0.2, -0.15) is 0 Å². The lowest BCUT2D eigenvalue weighted by atomic mass is 9.98. The van der Waals surface area contributed by atoms with E-state index in [0.717, 1.165) is 18.4 Å². The molecule has 7 nitrogen and oxygen atoms in total. The van der Waals surface area contributed by atoms with Crippen molar-refractivity contribution in [2.75, 3.05) is 13.1 Å². The summed E-state index contributed by atoms with van der Waals surface area (Å²) in [5.41, 5.74) is 0.374. The number of carbonyl (C=O) groups is 1. The van der Waals surface area contributed by atoms with Crippen LogP contribution >= 0.6 is 0 Å². The molecule has 1 aliphatic heterocycles. The Morgan fingerprint density at radius 3 is 3.00 bits per heavy atom. The van der Waals surface area contributed by atoms with Gasteiger partial charge in [-0.05, 0) is 36.6 Å². The number of piperidine rings is 1. The SMILES string of the molecule is O=C(Cn1cccnc1=O)N1CCCC(c2ncc(Cc3cccc(F)c3)o2)C1. The van der Waals surface area contributed by atoms with Crippen molar-refractivity contribution in [1.82, 2.24) is 19.4 Å². The van der Waals surface area contributed by atoms with E-state index >= 15 is 0 Å². The van der Waals surface area contributed by atoms with E-state index < -0.39 is 5.69 Å². The largest absolute Gasteiger partial charge is 0.445 e. The van der Waals surface area contributed by atoms with Crippen molar-refractivity contribution < 1.29 is 13.6 Å². The molecule has 1 aliphatic rings. The first kappa shape index (κ1) is 19.0. The van der Waals surface area contributed by atoms with Crippen molar-refractivity contribution >= 4 is 5.91 Å². The van der Waals surface area contributed by atoms with Gasteiger partial charge in [0.15, 0.2) is 5.89 Å². The Hall–Kier alpha value is -3.29. The maximum absolute atomic E-state index is 13.4. The molecule has 0 saturated carbocycles. The van der Waals surface area contributed by atoms with Crippen molar-refractivity contribution in [1.29, 1.82) is 0 Å². The van der Waals surface area contributed by atoms with Gasteiger partial charge >= 0.3 is 5.69 Å². The molecule has 0 bridgehead atoms. The number of likely N-dealkylation sites (tertiary alicyclic amines) is 1. The van der Waals surface area contributed by atoms with Crippen LogP contribution in [0.1, 0.15) is 36.0 Å². The molecule has 1 saturated heterocycles. The third-order valence-corrected chi connectivity index (χ3v) is 5.05. The summed E-state index contributed by atoms with van der Waals surface area (Å²) >= 11 is 0. The molecule has 1 aromatic carbocycles. The molecule has 0 N–H and O–H groups in total. The molecule has 3 heterocycles. The van der Waals surface area contributed by atoms with Crippen LogP contribution in [0.4, 0.5) is 4.39 Å². The molecule has 0 spiro atoms. The number of benzene rings is 1. The zero-order valence-corrected chi connectivity index (χ0v) is 15.8. The maximum Gasteiger partial charge on any atom is 0.347 e. The lowest BCUT2D eigenvalue weighted by Crippen LogP contribution is -2.42. The Labute approximate surface area is 166 Å². The number of nitrogens with zero attached hydrogens (tertiary/aromatic N) is 4. The number of hydrogen-bond acceptors (Lipinski definition) is 5. The van der Waals surface area contributed by atoms with Gasteiger partial charge in [0.1, 0.15) is 18.1 Å². The minimum absolute atomic E-state index is 0.000389. The van der Waals surface area contributed by atoms with E-state index in [4.69, 9.17) is 4.42 Å². The quantitative estimate of drug-likeness (QED) is 0.661. The van der Waals surface area contributed by atoms with E-state index in [9.17, 15) is 14.0 Å². The van der Waals surface area contributed by atoms with E-state index in [1.54, 1.807) is 29.4 Å². The van der Waals surface area contributed by atoms with Crippen LogP contribution in [-0.4, -0.2) is 38.4 Å². The van der Waals surface area contributed by atoms with Gasteiger partial charge in [0.2, 0.25) is 5.91 Å². The molecule has 2 aromatic heterocycles. The highest BCUT2D eigenvalue weighted by Crippen LogP contribution is 2.27. The fraction of sp³-hybridized carbons (Fsp3) is 0.333. The van der Waals surface area contributed by atoms with Crippen molar-refractivity contribution in [3.05, 3.63) is 82.4 Å². The molecule has 1 atom stereocenters. The molecule has 29 heavy (non-hydrogen) atoms. The van der Waals surface area contributed by atoms with Crippen molar-refractivity contribution in [3.63, 3.8) is 0 Å². The summed E-state index contributed by atoms with van der Waals surface area (Å²) in [5, 5.41) is 0. The first-order chi connectivity index (χ1) is 14.1. The molecular weight excluding hydrogens is 375 g/mol. The van der Waals surface area contributed by atoms with Crippen LogP contribution in [0.15, 0.2) is 58.1 Å². The molecule has 8 heteroatoms. The van der Waals surface area contributed by atoms with Crippen LogP contribution in [0.2, 0.25) is 0 Å². The van der Waals surface area contributed by atoms with Gasteiger partial charge in [-0.25, -0.2) is 19.2 Å². The normalized spacial score (nSPS) is 16.7. The first-order valence-corrected chi connectivity index (χ1v) is 9.57. The summed E-state index contributed by atoms with van der Waals surface area (Å²) in [7, 11) is 0. The zero-order valence-electron chi connectivity index (χ0n) is 15.8. The van der Waals surface area contributed by atoms with Crippen LogP contribution in [0, 0.1) is 5.82 Å². The van der Waals surface area contributed by atoms with Crippen molar-refractivity contribution in [2.24, 2.45) is 0 Å². The summed E-state index contributed by atoms with van der Waals surface area (Å²) in [5.74, 6) is 0.843. The lowest BCUT2D eigenvalue weighted by Gasteiger charge is -2.31. The minimum Gasteiger partial charge on any atom is -0.445 e. The third kappa shape index (κ3) is 4.59. The van der Waals surface area contributed by atoms with Crippen LogP contribution in [-0.2, 0) is 17.8 Å². The van der Waals surface area contributed by atoms with E-state index in [1.165, 1.54) is 22.9 Å². The molecule has 0 radical (unpaired) electrons. The van der Waals surface area contributed by atoms with Crippen LogP contribution in [0.3, 0.4) is 0 Å². The van der Waals surface area contributed by atoms with Gasteiger partial charge in [-0.3, -0.25) is 9.36 Å². The fourth-order valence-electron chi connectivity index (χ4n) is 3.60. The molecule has 1 fully saturated rings. The van der Waals surface area contributed by atoms with E-state index in [0.29, 0.717) is 31.2 Å². The van der Waals surface area contributed by atoms with Crippen molar-refractivity contribution in [3.8, 4) is 0 Å². The standard InChI is InChI=1S/C21H21FN4O3/c22-17-6-1-4-15(10-17)11-18-12-24-20(29-18)16-5-2-8-25(13-16)19(27)14-26-9-3-7-23-21(26)28/h1,3-4,6-7,9-10,12,16H,2,5,8,11,13-14H2. The Morgan fingerprint density at radius 1 is 1.28 bits per heavy atom. The molecule has 4 rings (SSSR count). The summed E-state index contributed by atoms with van der Waals surface area (Å²) in [4.78, 5) is 34.2. The number of carbonyl (C=O) groups excluding carboxylic acids is 1. The third-order valence-electron chi connectivity index (χ3n) is 5.05. The van der Waals surface area contributed by atoms with Gasteiger partial charge in [0, 0.05) is 31.9 Å². The number of aromatic nitrogens is 3. The van der Waals surface area contributed by atoms with Crippen LogP contribution < -0.4 is 5.69 Å². The molecule has 1 amide bonds. The highest BCUT2D eigenvalue weighted by atomic mass is 19.1. The number of halogens is 1. The fourth-order valence-corrected chi connectivity index (χ4v) is 3.60. The van der Waals surface area contributed by atoms with Crippen molar-refractivity contribution in [2.45, 2.75) is 31.7 Å². The minimum atomic E-state index is -0.441. The number of amides is 1. The van der Waals surface area contributed by atoms with Gasteiger partial charge in [-0.1, -0.05) is 12.1 Å². The average Bonchev–Trinajstić information content (AvgIpc) is 3.18. The average molecular weight is 396 g/mol. The summed E-state index contributed by atoms with van der Waals surface area (Å²) in [6, 6.07) is 8.01. The second kappa shape index (κ2) is 8.38. The van der Waals surface area contributed by atoms with E-state index in [2.05, 4.69) is 9.97 Å². The lowest BCUT2D eigenvalue weighted by molar-refractivity contribution is -0.133. The van der Waals surface area contributed by atoms with Gasteiger partial charge < -0.3 is 9.32 Å².